The molecular formula is C13H22N4S. The molecule has 0 bridgehead atoms. The summed E-state index contributed by atoms with van der Waals surface area (Å²) in [5.41, 5.74) is 0. The number of nitrogens with one attached hydrogen (secondary N) is 2. The van der Waals surface area contributed by atoms with Gasteiger partial charge in [-0.15, -0.1) is 11.3 Å². The number of rotatable bonds is 6. The lowest BCUT2D eigenvalue weighted by Gasteiger charge is -2.10. The van der Waals surface area contributed by atoms with E-state index in [0.29, 0.717) is 0 Å². The second-order valence-corrected chi connectivity index (χ2v) is 6.02. The first kappa shape index (κ1) is 13.3. The van der Waals surface area contributed by atoms with Gasteiger partial charge in [-0.25, -0.2) is 4.98 Å². The van der Waals surface area contributed by atoms with Crippen LogP contribution in [0.4, 0.5) is 0 Å². The van der Waals surface area contributed by atoms with Crippen LogP contribution in [0.15, 0.2) is 11.2 Å². The molecule has 1 aliphatic carbocycles. The zero-order valence-corrected chi connectivity index (χ0v) is 12.0. The van der Waals surface area contributed by atoms with Crippen LogP contribution in [-0.2, 0) is 6.42 Å². The lowest BCUT2D eigenvalue weighted by molar-refractivity contribution is 0.775. The standard InChI is InChI=1S/C13H22N4S/c1-3-14-13(17-9-11-4-5-11)15-7-6-12-16-8-10(2)18-12/h8,11H,3-7,9H2,1-2H3,(H2,14,15,17). The van der Waals surface area contributed by atoms with Crippen molar-refractivity contribution in [2.75, 3.05) is 19.6 Å². The minimum absolute atomic E-state index is 0.835. The van der Waals surface area contributed by atoms with Crippen molar-refractivity contribution < 1.29 is 0 Å². The number of thiazole rings is 1. The van der Waals surface area contributed by atoms with Crippen molar-refractivity contribution in [3.05, 3.63) is 16.1 Å². The molecule has 1 aromatic heterocycles. The van der Waals surface area contributed by atoms with Crippen LogP contribution in [-0.4, -0.2) is 30.6 Å². The molecule has 0 aromatic carbocycles. The van der Waals surface area contributed by atoms with Gasteiger partial charge in [0.15, 0.2) is 5.96 Å². The molecule has 1 heterocycles. The van der Waals surface area contributed by atoms with Crippen LogP contribution in [0.3, 0.4) is 0 Å². The Kier molecular flexibility index (Phi) is 4.99. The molecule has 100 valence electrons. The average Bonchev–Trinajstić information content (AvgIpc) is 3.09. The van der Waals surface area contributed by atoms with Crippen LogP contribution < -0.4 is 10.6 Å². The molecule has 1 fully saturated rings. The summed E-state index contributed by atoms with van der Waals surface area (Å²) in [6.45, 7) is 6.95. The Bertz CT molecular complexity index is 395. The Morgan fingerprint density at radius 2 is 2.33 bits per heavy atom. The van der Waals surface area contributed by atoms with Crippen molar-refractivity contribution >= 4 is 17.3 Å². The molecule has 0 amide bonds. The van der Waals surface area contributed by atoms with Crippen molar-refractivity contribution in [1.29, 1.82) is 0 Å². The molecule has 2 N–H and O–H groups in total. The number of aliphatic imine (C=N–C) groups is 1. The van der Waals surface area contributed by atoms with Gasteiger partial charge in [0.2, 0.25) is 0 Å². The van der Waals surface area contributed by atoms with E-state index in [1.54, 1.807) is 11.3 Å². The maximum absolute atomic E-state index is 4.59. The Morgan fingerprint density at radius 1 is 1.50 bits per heavy atom. The van der Waals surface area contributed by atoms with Crippen LogP contribution in [0.1, 0.15) is 29.7 Å². The Balaban J connectivity index is 1.72. The molecule has 0 spiro atoms. The Labute approximate surface area is 113 Å². The van der Waals surface area contributed by atoms with Crippen molar-refractivity contribution in [3.63, 3.8) is 0 Å². The van der Waals surface area contributed by atoms with Crippen LogP contribution in [0, 0.1) is 12.8 Å². The zero-order valence-electron chi connectivity index (χ0n) is 11.2. The molecule has 4 nitrogen and oxygen atoms in total. The summed E-state index contributed by atoms with van der Waals surface area (Å²) in [6, 6.07) is 0. The fourth-order valence-corrected chi connectivity index (χ4v) is 2.45. The molecule has 5 heteroatoms. The molecule has 0 atom stereocenters. The van der Waals surface area contributed by atoms with Gasteiger partial charge in [-0.1, -0.05) is 0 Å². The Hall–Kier alpha value is -1.10. The molecule has 18 heavy (non-hydrogen) atoms. The Morgan fingerprint density at radius 3 is 2.94 bits per heavy atom. The third-order valence-corrected chi connectivity index (χ3v) is 3.82. The minimum Gasteiger partial charge on any atom is -0.357 e. The molecule has 0 unspecified atom stereocenters. The van der Waals surface area contributed by atoms with Gasteiger partial charge >= 0.3 is 0 Å². The van der Waals surface area contributed by atoms with Gasteiger partial charge < -0.3 is 10.6 Å². The van der Waals surface area contributed by atoms with E-state index in [2.05, 4.69) is 34.5 Å². The summed E-state index contributed by atoms with van der Waals surface area (Å²) in [5, 5.41) is 7.84. The molecular weight excluding hydrogens is 244 g/mol. The number of hydrogen-bond donors (Lipinski definition) is 2. The molecule has 1 aromatic rings. The minimum atomic E-state index is 0.835. The van der Waals surface area contributed by atoms with Gasteiger partial charge in [-0.3, -0.25) is 4.99 Å². The van der Waals surface area contributed by atoms with Gasteiger partial charge in [0.1, 0.15) is 0 Å². The first-order chi connectivity index (χ1) is 8.78. The first-order valence-corrected chi connectivity index (χ1v) is 7.53. The van der Waals surface area contributed by atoms with Gasteiger partial charge in [0, 0.05) is 37.1 Å². The van der Waals surface area contributed by atoms with E-state index in [-0.39, 0.29) is 0 Å². The molecule has 0 saturated heterocycles. The van der Waals surface area contributed by atoms with E-state index in [9.17, 15) is 0 Å². The summed E-state index contributed by atoms with van der Waals surface area (Å²) >= 11 is 1.77. The largest absolute Gasteiger partial charge is 0.357 e. The first-order valence-electron chi connectivity index (χ1n) is 6.71. The van der Waals surface area contributed by atoms with Crippen molar-refractivity contribution in [1.82, 2.24) is 15.6 Å². The number of hydrogen-bond acceptors (Lipinski definition) is 3. The molecule has 0 aliphatic heterocycles. The van der Waals surface area contributed by atoms with E-state index < -0.39 is 0 Å². The SMILES string of the molecule is CCNC(=NCC1CC1)NCCc1ncc(C)s1. The van der Waals surface area contributed by atoms with E-state index >= 15 is 0 Å². The lowest BCUT2D eigenvalue weighted by atomic mass is 10.4. The van der Waals surface area contributed by atoms with Crippen LogP contribution in [0.25, 0.3) is 0 Å². The smallest absolute Gasteiger partial charge is 0.191 e. The van der Waals surface area contributed by atoms with Gasteiger partial charge in [0.05, 0.1) is 5.01 Å². The highest BCUT2D eigenvalue weighted by Crippen LogP contribution is 2.28. The topological polar surface area (TPSA) is 49.3 Å². The van der Waals surface area contributed by atoms with Crippen LogP contribution >= 0.6 is 11.3 Å². The highest BCUT2D eigenvalue weighted by Gasteiger charge is 2.20. The molecule has 2 rings (SSSR count). The fourth-order valence-electron chi connectivity index (χ4n) is 1.67. The summed E-state index contributed by atoms with van der Waals surface area (Å²) in [6.07, 6.45) is 5.60. The normalized spacial score (nSPS) is 15.8. The van der Waals surface area contributed by atoms with Gasteiger partial charge in [-0.05, 0) is 32.6 Å². The van der Waals surface area contributed by atoms with E-state index in [0.717, 1.165) is 37.9 Å². The highest BCUT2D eigenvalue weighted by atomic mass is 32.1. The number of guanidine groups is 1. The maximum atomic E-state index is 4.59. The predicted octanol–water partition coefficient (Wildman–Crippen LogP) is 1.96. The fraction of sp³-hybridized carbons (Fsp3) is 0.692. The summed E-state index contributed by atoms with van der Waals surface area (Å²) < 4.78 is 0. The average molecular weight is 266 g/mol. The number of aryl methyl sites for hydroxylation is 1. The van der Waals surface area contributed by atoms with E-state index in [4.69, 9.17) is 0 Å². The van der Waals surface area contributed by atoms with Crippen molar-refractivity contribution in [2.45, 2.75) is 33.1 Å². The molecule has 0 radical (unpaired) electrons. The number of nitrogens with zero attached hydrogens (tertiary/aromatic N) is 2. The zero-order chi connectivity index (χ0) is 12.8. The summed E-state index contributed by atoms with van der Waals surface area (Å²) in [5.74, 6) is 1.78. The predicted molar refractivity (Wildman–Crippen MR) is 77.3 cm³/mol. The second-order valence-electron chi connectivity index (χ2n) is 4.70. The highest BCUT2D eigenvalue weighted by molar-refractivity contribution is 7.11. The van der Waals surface area contributed by atoms with Crippen molar-refractivity contribution in [2.24, 2.45) is 10.9 Å². The van der Waals surface area contributed by atoms with Gasteiger partial charge in [-0.2, -0.15) is 0 Å². The third-order valence-electron chi connectivity index (χ3n) is 2.85. The maximum Gasteiger partial charge on any atom is 0.191 e. The summed E-state index contributed by atoms with van der Waals surface area (Å²) in [4.78, 5) is 10.2. The monoisotopic (exact) mass is 266 g/mol. The van der Waals surface area contributed by atoms with Crippen LogP contribution in [0.2, 0.25) is 0 Å². The second kappa shape index (κ2) is 6.73. The quantitative estimate of drug-likeness (QED) is 0.611. The van der Waals surface area contributed by atoms with E-state index in [1.807, 2.05) is 6.20 Å². The summed E-state index contributed by atoms with van der Waals surface area (Å²) in [7, 11) is 0. The third kappa shape index (κ3) is 4.64. The molecule has 1 saturated carbocycles. The van der Waals surface area contributed by atoms with Crippen molar-refractivity contribution in [3.8, 4) is 0 Å². The van der Waals surface area contributed by atoms with Gasteiger partial charge in [0.25, 0.3) is 0 Å². The molecule has 1 aliphatic rings. The van der Waals surface area contributed by atoms with Crippen LogP contribution in [0.5, 0.6) is 0 Å². The van der Waals surface area contributed by atoms with E-state index in [1.165, 1.54) is 22.7 Å². The lowest BCUT2D eigenvalue weighted by Crippen LogP contribution is -2.38. The number of aromatic nitrogens is 1.